The van der Waals surface area contributed by atoms with Crippen LogP contribution in [0, 0.1) is 23.2 Å². The Balaban J connectivity index is 1.14. The van der Waals surface area contributed by atoms with Gasteiger partial charge in [0, 0.05) is 5.69 Å². The lowest BCUT2D eigenvalue weighted by Crippen LogP contribution is -2.47. The third-order valence-electron chi connectivity index (χ3n) is 7.58. The van der Waals surface area contributed by atoms with Crippen molar-refractivity contribution in [3.05, 3.63) is 65.7 Å². The molecule has 0 spiro atoms. The normalized spacial score (nSPS) is 28.3. The molecular formula is C27H31NO3. The highest BCUT2D eigenvalue weighted by molar-refractivity contribution is 5.93. The molecule has 0 radical (unpaired) electrons. The van der Waals surface area contributed by atoms with Crippen LogP contribution in [0.25, 0.3) is 0 Å². The van der Waals surface area contributed by atoms with Crippen molar-refractivity contribution < 1.29 is 14.3 Å². The van der Waals surface area contributed by atoms with Crippen LogP contribution in [-0.4, -0.2) is 18.5 Å². The molecule has 31 heavy (non-hydrogen) atoms. The van der Waals surface area contributed by atoms with Crippen LogP contribution in [0.2, 0.25) is 0 Å². The number of nitrogens with one attached hydrogen (secondary N) is 1. The van der Waals surface area contributed by atoms with Gasteiger partial charge in [-0.1, -0.05) is 48.5 Å². The average molecular weight is 418 g/mol. The minimum Gasteiger partial charge on any atom is -0.456 e. The monoisotopic (exact) mass is 417 g/mol. The molecule has 1 amide bonds. The van der Waals surface area contributed by atoms with Crippen LogP contribution in [0.3, 0.4) is 0 Å². The van der Waals surface area contributed by atoms with E-state index in [4.69, 9.17) is 4.74 Å². The smallest absolute Gasteiger partial charge is 0.306 e. The van der Waals surface area contributed by atoms with Crippen LogP contribution in [0.5, 0.6) is 0 Å². The van der Waals surface area contributed by atoms with Gasteiger partial charge in [0.1, 0.15) is 0 Å². The first-order valence-corrected chi connectivity index (χ1v) is 11.6. The van der Waals surface area contributed by atoms with Crippen LogP contribution < -0.4 is 5.32 Å². The molecule has 4 nitrogen and oxygen atoms in total. The van der Waals surface area contributed by atoms with Gasteiger partial charge in [-0.2, -0.15) is 0 Å². The predicted molar refractivity (Wildman–Crippen MR) is 121 cm³/mol. The molecule has 4 bridgehead atoms. The summed E-state index contributed by atoms with van der Waals surface area (Å²) in [5.74, 6) is 1.93. The Morgan fingerprint density at radius 2 is 1.48 bits per heavy atom. The predicted octanol–water partition coefficient (Wildman–Crippen LogP) is 5.37. The van der Waals surface area contributed by atoms with E-state index in [1.54, 1.807) is 0 Å². The van der Waals surface area contributed by atoms with Gasteiger partial charge >= 0.3 is 5.97 Å². The summed E-state index contributed by atoms with van der Waals surface area (Å²) in [7, 11) is 0. The molecule has 1 N–H and O–H groups in total. The van der Waals surface area contributed by atoms with E-state index in [1.165, 1.54) is 44.1 Å². The number of amides is 1. The molecule has 0 aliphatic heterocycles. The van der Waals surface area contributed by atoms with E-state index in [1.807, 2.05) is 42.5 Å². The van der Waals surface area contributed by atoms with Crippen LogP contribution in [0.1, 0.15) is 56.1 Å². The highest BCUT2D eigenvalue weighted by atomic mass is 16.5. The molecule has 4 fully saturated rings. The summed E-state index contributed by atoms with van der Waals surface area (Å²) in [5.41, 5.74) is 3.14. The molecule has 6 rings (SSSR count). The summed E-state index contributed by atoms with van der Waals surface area (Å²) in [6.07, 6.45) is 8.82. The maximum absolute atomic E-state index is 12.6. The van der Waals surface area contributed by atoms with Gasteiger partial charge in [-0.15, -0.1) is 0 Å². The Labute approximate surface area is 184 Å². The molecule has 4 aliphatic carbocycles. The first-order valence-electron chi connectivity index (χ1n) is 11.6. The molecular weight excluding hydrogens is 386 g/mol. The van der Waals surface area contributed by atoms with Gasteiger partial charge in [0.2, 0.25) is 0 Å². The highest BCUT2D eigenvalue weighted by Gasteiger charge is 2.51. The number of para-hydroxylation sites is 1. The number of hydrogen-bond donors (Lipinski definition) is 1. The molecule has 0 heterocycles. The van der Waals surface area contributed by atoms with E-state index in [-0.39, 0.29) is 23.9 Å². The van der Waals surface area contributed by atoms with Crippen molar-refractivity contribution in [2.45, 2.75) is 51.4 Å². The topological polar surface area (TPSA) is 55.4 Å². The Morgan fingerprint density at radius 3 is 2.16 bits per heavy atom. The molecule has 0 aromatic heterocycles. The Bertz CT molecular complexity index is 917. The first-order chi connectivity index (χ1) is 15.1. The quantitative estimate of drug-likeness (QED) is 0.617. The third-order valence-corrected chi connectivity index (χ3v) is 7.58. The number of carbonyl (C=O) groups is 2. The second-order valence-electron chi connectivity index (χ2n) is 10.1. The Kier molecular flexibility index (Phi) is 5.56. The van der Waals surface area contributed by atoms with Crippen molar-refractivity contribution in [3.8, 4) is 0 Å². The number of carbonyl (C=O) groups excluding carboxylic acids is 2. The van der Waals surface area contributed by atoms with Crippen LogP contribution in [0.4, 0.5) is 5.69 Å². The van der Waals surface area contributed by atoms with Gasteiger partial charge < -0.3 is 10.1 Å². The van der Waals surface area contributed by atoms with Crippen molar-refractivity contribution >= 4 is 17.6 Å². The van der Waals surface area contributed by atoms with Crippen LogP contribution >= 0.6 is 0 Å². The van der Waals surface area contributed by atoms with Crippen molar-refractivity contribution in [2.24, 2.45) is 23.2 Å². The van der Waals surface area contributed by atoms with Crippen molar-refractivity contribution in [1.82, 2.24) is 0 Å². The van der Waals surface area contributed by atoms with E-state index in [0.717, 1.165) is 35.4 Å². The highest BCUT2D eigenvalue weighted by Crippen LogP contribution is 2.61. The summed E-state index contributed by atoms with van der Waals surface area (Å²) >= 11 is 0. The number of hydrogen-bond acceptors (Lipinski definition) is 3. The fraction of sp³-hybridized carbons (Fsp3) is 0.481. The van der Waals surface area contributed by atoms with E-state index in [9.17, 15) is 9.59 Å². The van der Waals surface area contributed by atoms with E-state index >= 15 is 0 Å². The Hall–Kier alpha value is -2.62. The summed E-state index contributed by atoms with van der Waals surface area (Å²) in [5, 5.41) is 2.93. The molecule has 0 unspecified atom stereocenters. The zero-order chi connectivity index (χ0) is 21.3. The second kappa shape index (κ2) is 8.49. The van der Waals surface area contributed by atoms with Gasteiger partial charge in [-0.05, 0) is 85.3 Å². The maximum atomic E-state index is 12.6. The summed E-state index contributed by atoms with van der Waals surface area (Å²) in [4.78, 5) is 25.1. The van der Waals surface area contributed by atoms with E-state index in [2.05, 4.69) is 17.4 Å². The Morgan fingerprint density at radius 1 is 0.871 bits per heavy atom. The lowest BCUT2D eigenvalue weighted by Gasteiger charge is -2.56. The van der Waals surface area contributed by atoms with Crippen LogP contribution in [-0.2, 0) is 20.7 Å². The SMILES string of the molecule is O=C(COC(=O)CC12CC3CC(CC(C3)C1)C2)Nc1ccccc1Cc1ccccc1. The average Bonchev–Trinajstić information content (AvgIpc) is 2.73. The number of benzene rings is 2. The summed E-state index contributed by atoms with van der Waals surface area (Å²) < 4.78 is 5.42. The molecule has 4 heteroatoms. The molecule has 0 saturated heterocycles. The number of ether oxygens (including phenoxy) is 1. The first kappa shape index (κ1) is 20.3. The maximum Gasteiger partial charge on any atom is 0.306 e. The van der Waals surface area contributed by atoms with Crippen LogP contribution in [0.15, 0.2) is 54.6 Å². The van der Waals surface area contributed by atoms with Gasteiger partial charge in [-0.25, -0.2) is 0 Å². The molecule has 4 aliphatic rings. The number of anilines is 1. The minimum atomic E-state index is -0.278. The van der Waals surface area contributed by atoms with Crippen molar-refractivity contribution in [1.29, 1.82) is 0 Å². The van der Waals surface area contributed by atoms with Crippen molar-refractivity contribution in [3.63, 3.8) is 0 Å². The largest absolute Gasteiger partial charge is 0.456 e. The molecule has 2 aromatic carbocycles. The van der Waals surface area contributed by atoms with Gasteiger partial charge in [-0.3, -0.25) is 9.59 Å². The van der Waals surface area contributed by atoms with E-state index < -0.39 is 0 Å². The molecule has 4 saturated carbocycles. The van der Waals surface area contributed by atoms with Gasteiger partial charge in [0.15, 0.2) is 6.61 Å². The number of esters is 1. The lowest BCUT2D eigenvalue weighted by molar-refractivity contribution is -0.154. The molecule has 0 atom stereocenters. The summed E-state index contributed by atoms with van der Waals surface area (Å²) in [6.45, 7) is -0.217. The number of rotatable bonds is 7. The zero-order valence-electron chi connectivity index (χ0n) is 18.0. The minimum absolute atomic E-state index is 0.143. The third kappa shape index (κ3) is 4.68. The molecule has 162 valence electrons. The van der Waals surface area contributed by atoms with Gasteiger partial charge in [0.25, 0.3) is 5.91 Å². The van der Waals surface area contributed by atoms with E-state index in [0.29, 0.717) is 6.42 Å². The second-order valence-corrected chi connectivity index (χ2v) is 10.1. The van der Waals surface area contributed by atoms with Crippen molar-refractivity contribution in [2.75, 3.05) is 11.9 Å². The standard InChI is InChI=1S/C27H31NO3/c29-25(28-24-9-5-4-8-23(24)13-19-6-2-1-3-7-19)18-31-26(30)17-27-14-20-10-21(15-27)12-22(11-20)16-27/h1-9,20-22H,10-18H2,(H,28,29). The lowest BCUT2D eigenvalue weighted by atomic mass is 9.49. The summed E-state index contributed by atoms with van der Waals surface area (Å²) in [6, 6.07) is 18.0. The van der Waals surface area contributed by atoms with Gasteiger partial charge in [0.05, 0.1) is 6.42 Å². The zero-order valence-corrected chi connectivity index (χ0v) is 18.0. The fourth-order valence-corrected chi connectivity index (χ4v) is 6.81. The fourth-order valence-electron chi connectivity index (χ4n) is 6.81. The molecule has 2 aromatic rings.